The van der Waals surface area contributed by atoms with E-state index < -0.39 is 0 Å². The number of nitrogens with one attached hydrogen (secondary N) is 1. The van der Waals surface area contributed by atoms with Crippen molar-refractivity contribution in [3.05, 3.63) is 0 Å². The number of hydrogen-bond donors (Lipinski definition) is 1. The SMILES string of the molecule is CN(CC(=O)NC(C)(C)C)C(=O)CCl. The highest BCUT2D eigenvalue weighted by molar-refractivity contribution is 6.27. The van der Waals surface area contributed by atoms with Crippen molar-refractivity contribution < 1.29 is 9.59 Å². The molecule has 1 N–H and O–H groups in total. The smallest absolute Gasteiger partial charge is 0.240 e. The van der Waals surface area contributed by atoms with E-state index in [1.807, 2.05) is 20.8 Å². The molecule has 5 heteroatoms. The van der Waals surface area contributed by atoms with Gasteiger partial charge >= 0.3 is 0 Å². The van der Waals surface area contributed by atoms with Crippen molar-refractivity contribution >= 4 is 23.4 Å². The Morgan fingerprint density at radius 3 is 2.21 bits per heavy atom. The Balaban J connectivity index is 4.01. The largest absolute Gasteiger partial charge is 0.350 e. The third kappa shape index (κ3) is 5.80. The lowest BCUT2D eigenvalue weighted by atomic mass is 10.1. The third-order valence-electron chi connectivity index (χ3n) is 1.44. The second-order valence-corrected chi connectivity index (χ2v) is 4.45. The molecule has 0 bridgehead atoms. The van der Waals surface area contributed by atoms with E-state index in [-0.39, 0.29) is 29.8 Å². The number of likely N-dealkylation sites (N-methyl/N-ethyl adjacent to an activating group) is 1. The van der Waals surface area contributed by atoms with Crippen LogP contribution in [0.3, 0.4) is 0 Å². The van der Waals surface area contributed by atoms with E-state index in [9.17, 15) is 9.59 Å². The van der Waals surface area contributed by atoms with Crippen LogP contribution in [-0.4, -0.2) is 41.7 Å². The molecule has 0 aromatic carbocycles. The lowest BCUT2D eigenvalue weighted by Crippen LogP contribution is -2.46. The number of alkyl halides is 1. The van der Waals surface area contributed by atoms with E-state index in [4.69, 9.17) is 11.6 Å². The first-order valence-corrected chi connectivity index (χ1v) is 4.90. The fourth-order valence-corrected chi connectivity index (χ4v) is 1.07. The molecule has 14 heavy (non-hydrogen) atoms. The van der Waals surface area contributed by atoms with Gasteiger partial charge in [0.15, 0.2) is 0 Å². The maximum Gasteiger partial charge on any atom is 0.240 e. The van der Waals surface area contributed by atoms with Gasteiger partial charge in [-0.3, -0.25) is 9.59 Å². The number of carbonyl (C=O) groups excluding carboxylic acids is 2. The first kappa shape index (κ1) is 13.2. The Kier molecular flexibility index (Phi) is 4.91. The monoisotopic (exact) mass is 220 g/mol. The molecule has 82 valence electrons. The minimum absolute atomic E-state index is 0.0445. The van der Waals surface area contributed by atoms with Gasteiger partial charge in [0.05, 0.1) is 6.54 Å². The quantitative estimate of drug-likeness (QED) is 0.709. The van der Waals surface area contributed by atoms with E-state index in [0.717, 1.165) is 0 Å². The first-order chi connectivity index (χ1) is 6.26. The van der Waals surface area contributed by atoms with Gasteiger partial charge < -0.3 is 10.2 Å². The molecule has 0 aliphatic carbocycles. The van der Waals surface area contributed by atoms with Crippen LogP contribution in [0.25, 0.3) is 0 Å². The number of carbonyl (C=O) groups is 2. The van der Waals surface area contributed by atoms with Crippen LogP contribution in [0.1, 0.15) is 20.8 Å². The Morgan fingerprint density at radius 2 is 1.86 bits per heavy atom. The first-order valence-electron chi connectivity index (χ1n) is 4.37. The predicted octanol–water partition coefficient (Wildman–Crippen LogP) is 0.598. The summed E-state index contributed by atoms with van der Waals surface area (Å²) >= 11 is 5.34. The maximum absolute atomic E-state index is 11.3. The van der Waals surface area contributed by atoms with Crippen molar-refractivity contribution in [1.29, 1.82) is 0 Å². The fraction of sp³-hybridized carbons (Fsp3) is 0.778. The van der Waals surface area contributed by atoms with Crippen LogP contribution in [-0.2, 0) is 9.59 Å². The van der Waals surface area contributed by atoms with Gasteiger partial charge in [-0.15, -0.1) is 11.6 Å². The molecule has 4 nitrogen and oxygen atoms in total. The molecule has 0 fully saturated rings. The van der Waals surface area contributed by atoms with Crippen molar-refractivity contribution in [2.75, 3.05) is 19.5 Å². The van der Waals surface area contributed by atoms with Gasteiger partial charge in [-0.2, -0.15) is 0 Å². The maximum atomic E-state index is 11.3. The van der Waals surface area contributed by atoms with Crippen molar-refractivity contribution in [1.82, 2.24) is 10.2 Å². The van der Waals surface area contributed by atoms with Crippen LogP contribution < -0.4 is 5.32 Å². The van der Waals surface area contributed by atoms with Gasteiger partial charge in [-0.1, -0.05) is 0 Å². The normalized spacial score (nSPS) is 10.9. The fourth-order valence-electron chi connectivity index (χ4n) is 0.863. The van der Waals surface area contributed by atoms with Crippen molar-refractivity contribution in [2.24, 2.45) is 0 Å². The summed E-state index contributed by atoms with van der Waals surface area (Å²) < 4.78 is 0. The summed E-state index contributed by atoms with van der Waals surface area (Å²) in [5, 5.41) is 2.75. The zero-order chi connectivity index (χ0) is 11.4. The molecule has 0 aromatic heterocycles. The topological polar surface area (TPSA) is 49.4 Å². The molecule has 0 saturated heterocycles. The van der Waals surface area contributed by atoms with Gasteiger partial charge in [-0.05, 0) is 20.8 Å². The third-order valence-corrected chi connectivity index (χ3v) is 1.66. The Labute approximate surface area is 89.6 Å². The van der Waals surface area contributed by atoms with Gasteiger partial charge in [0.2, 0.25) is 11.8 Å². The highest BCUT2D eigenvalue weighted by Crippen LogP contribution is 1.98. The molecule has 0 heterocycles. The second-order valence-electron chi connectivity index (χ2n) is 4.18. The van der Waals surface area contributed by atoms with Crippen molar-refractivity contribution in [2.45, 2.75) is 26.3 Å². The summed E-state index contributed by atoms with van der Waals surface area (Å²) in [5.74, 6) is -0.534. The lowest BCUT2D eigenvalue weighted by molar-refractivity contribution is -0.133. The Bertz CT molecular complexity index is 223. The number of halogens is 1. The van der Waals surface area contributed by atoms with Gasteiger partial charge in [0, 0.05) is 12.6 Å². The summed E-state index contributed by atoms with van der Waals surface area (Å²) in [5.41, 5.74) is -0.276. The molecular formula is C9H17ClN2O2. The van der Waals surface area contributed by atoms with E-state index >= 15 is 0 Å². The minimum Gasteiger partial charge on any atom is -0.350 e. The highest BCUT2D eigenvalue weighted by Gasteiger charge is 2.16. The number of nitrogens with zero attached hydrogens (tertiary/aromatic N) is 1. The Morgan fingerprint density at radius 1 is 1.36 bits per heavy atom. The molecule has 0 aliphatic heterocycles. The minimum atomic E-state index is -0.276. The lowest BCUT2D eigenvalue weighted by Gasteiger charge is -2.23. The molecule has 0 aromatic rings. The van der Waals surface area contributed by atoms with Crippen molar-refractivity contribution in [3.63, 3.8) is 0 Å². The molecular weight excluding hydrogens is 204 g/mol. The number of rotatable bonds is 3. The molecule has 0 radical (unpaired) electrons. The summed E-state index contributed by atoms with van der Waals surface area (Å²) in [4.78, 5) is 23.7. The number of amides is 2. The standard InChI is InChI=1S/C9H17ClN2O2/c1-9(2,3)11-7(13)6-12(4)8(14)5-10/h5-6H2,1-4H3,(H,11,13). The van der Waals surface area contributed by atoms with E-state index in [1.54, 1.807) is 7.05 Å². The summed E-state index contributed by atoms with van der Waals surface area (Å²) in [6.45, 7) is 5.69. The van der Waals surface area contributed by atoms with Crippen LogP contribution >= 0.6 is 11.6 Å². The molecule has 0 rings (SSSR count). The molecule has 0 atom stereocenters. The molecule has 0 unspecified atom stereocenters. The van der Waals surface area contributed by atoms with E-state index in [2.05, 4.69) is 5.32 Å². The van der Waals surface area contributed by atoms with Crippen LogP contribution in [0.15, 0.2) is 0 Å². The van der Waals surface area contributed by atoms with E-state index in [1.165, 1.54) is 4.90 Å². The summed E-state index contributed by atoms with van der Waals surface area (Å²) in [6.07, 6.45) is 0. The van der Waals surface area contributed by atoms with Crippen LogP contribution in [0.5, 0.6) is 0 Å². The van der Waals surface area contributed by atoms with Crippen LogP contribution in [0.4, 0.5) is 0 Å². The van der Waals surface area contributed by atoms with Gasteiger partial charge in [-0.25, -0.2) is 0 Å². The summed E-state index contributed by atoms with van der Waals surface area (Å²) in [6, 6.07) is 0. The van der Waals surface area contributed by atoms with Crippen LogP contribution in [0.2, 0.25) is 0 Å². The second kappa shape index (κ2) is 5.20. The zero-order valence-corrected chi connectivity index (χ0v) is 9.81. The predicted molar refractivity (Wildman–Crippen MR) is 56.3 cm³/mol. The zero-order valence-electron chi connectivity index (χ0n) is 9.06. The highest BCUT2D eigenvalue weighted by atomic mass is 35.5. The van der Waals surface area contributed by atoms with Gasteiger partial charge in [0.25, 0.3) is 0 Å². The average molecular weight is 221 g/mol. The van der Waals surface area contributed by atoms with Gasteiger partial charge in [0.1, 0.15) is 5.88 Å². The van der Waals surface area contributed by atoms with E-state index in [0.29, 0.717) is 0 Å². The van der Waals surface area contributed by atoms with Crippen molar-refractivity contribution in [3.8, 4) is 0 Å². The molecule has 0 spiro atoms. The molecule has 0 saturated carbocycles. The van der Waals surface area contributed by atoms with Crippen LogP contribution in [0, 0.1) is 0 Å². The Hall–Kier alpha value is -0.770. The molecule has 2 amide bonds. The average Bonchev–Trinajstić information content (AvgIpc) is 1.99. The number of hydrogen-bond acceptors (Lipinski definition) is 2. The molecule has 0 aliphatic rings. The summed E-state index contributed by atoms with van der Waals surface area (Å²) in [7, 11) is 1.55.